The van der Waals surface area contributed by atoms with Crippen molar-refractivity contribution in [2.75, 3.05) is 18.0 Å². The zero-order valence-corrected chi connectivity index (χ0v) is 11.4. The molecule has 0 spiro atoms. The summed E-state index contributed by atoms with van der Waals surface area (Å²) in [6.45, 7) is 1.44. The molecule has 0 bridgehead atoms. The van der Waals surface area contributed by atoms with Crippen molar-refractivity contribution in [2.24, 2.45) is 5.73 Å². The molecule has 0 saturated carbocycles. The molecule has 0 saturated heterocycles. The summed E-state index contributed by atoms with van der Waals surface area (Å²) in [6.07, 6.45) is 4.14. The van der Waals surface area contributed by atoms with E-state index in [4.69, 9.17) is 5.73 Å². The summed E-state index contributed by atoms with van der Waals surface area (Å²) in [5.41, 5.74) is 8.07. The van der Waals surface area contributed by atoms with Crippen molar-refractivity contribution in [1.82, 2.24) is 0 Å². The Morgan fingerprint density at radius 2 is 1.47 bits per heavy atom. The monoisotopic (exact) mass is 268 g/mol. The first-order chi connectivity index (χ1) is 9.40. The van der Waals surface area contributed by atoms with E-state index < -0.39 is 0 Å². The Kier molecular flexibility index (Phi) is 3.58. The standard InChI is InChI=1S/C16H16N2S/c17-11-5-6-12-18-13-7-1-3-9-15(13)19-16-10-4-2-8-14(16)18/h1-10H,11-12,17H2. The Bertz CT molecular complexity index is 562. The quantitative estimate of drug-likeness (QED) is 0.858. The minimum absolute atomic E-state index is 0.589. The molecule has 0 unspecified atom stereocenters. The SMILES string of the molecule is NCC=CCN1c2ccccc2Sc2ccccc21. The lowest BCUT2D eigenvalue weighted by Crippen LogP contribution is -2.20. The van der Waals surface area contributed by atoms with Gasteiger partial charge in [0.2, 0.25) is 0 Å². The van der Waals surface area contributed by atoms with Crippen LogP contribution in [0, 0.1) is 0 Å². The number of hydrogen-bond acceptors (Lipinski definition) is 3. The maximum Gasteiger partial charge on any atom is 0.0555 e. The third-order valence-electron chi connectivity index (χ3n) is 3.12. The molecule has 1 aliphatic heterocycles. The lowest BCUT2D eigenvalue weighted by molar-refractivity contribution is 1.03. The average Bonchev–Trinajstić information content (AvgIpc) is 2.46. The van der Waals surface area contributed by atoms with Crippen LogP contribution in [0.25, 0.3) is 0 Å². The van der Waals surface area contributed by atoms with E-state index in [1.54, 1.807) is 0 Å². The maximum absolute atomic E-state index is 5.52. The molecule has 3 rings (SSSR count). The third kappa shape index (κ3) is 2.39. The van der Waals surface area contributed by atoms with Gasteiger partial charge in [0.05, 0.1) is 11.4 Å². The van der Waals surface area contributed by atoms with Crippen LogP contribution < -0.4 is 10.6 Å². The van der Waals surface area contributed by atoms with Crippen LogP contribution in [0.4, 0.5) is 11.4 Å². The molecule has 96 valence electrons. The van der Waals surface area contributed by atoms with Gasteiger partial charge in [0.15, 0.2) is 0 Å². The number of nitrogens with zero attached hydrogens (tertiary/aromatic N) is 1. The molecule has 2 N–H and O–H groups in total. The van der Waals surface area contributed by atoms with E-state index in [0.29, 0.717) is 6.54 Å². The van der Waals surface area contributed by atoms with E-state index in [1.807, 2.05) is 17.8 Å². The number of benzene rings is 2. The van der Waals surface area contributed by atoms with E-state index in [1.165, 1.54) is 21.2 Å². The Hall–Kier alpha value is -1.71. The van der Waals surface area contributed by atoms with Crippen LogP contribution in [-0.4, -0.2) is 13.1 Å². The zero-order valence-electron chi connectivity index (χ0n) is 10.6. The zero-order chi connectivity index (χ0) is 13.1. The van der Waals surface area contributed by atoms with E-state index in [0.717, 1.165) is 6.54 Å². The Labute approximate surface area is 117 Å². The number of para-hydroxylation sites is 2. The molecule has 2 aromatic rings. The molecule has 3 heteroatoms. The van der Waals surface area contributed by atoms with Crippen LogP contribution in [0.5, 0.6) is 0 Å². The van der Waals surface area contributed by atoms with Gasteiger partial charge in [0.25, 0.3) is 0 Å². The summed E-state index contributed by atoms with van der Waals surface area (Å²) >= 11 is 1.84. The highest BCUT2D eigenvalue weighted by Crippen LogP contribution is 2.47. The summed E-state index contributed by atoms with van der Waals surface area (Å²) < 4.78 is 0. The molecular formula is C16H16N2S. The van der Waals surface area contributed by atoms with Crippen molar-refractivity contribution >= 4 is 23.1 Å². The summed E-state index contributed by atoms with van der Waals surface area (Å²) in [7, 11) is 0. The molecule has 2 aromatic carbocycles. The van der Waals surface area contributed by atoms with E-state index in [-0.39, 0.29) is 0 Å². The van der Waals surface area contributed by atoms with Crippen LogP contribution in [0.2, 0.25) is 0 Å². The van der Waals surface area contributed by atoms with Crippen molar-refractivity contribution in [3.8, 4) is 0 Å². The lowest BCUT2D eigenvalue weighted by Gasteiger charge is -2.31. The van der Waals surface area contributed by atoms with Gasteiger partial charge in [-0.05, 0) is 24.3 Å². The Balaban J connectivity index is 2.03. The van der Waals surface area contributed by atoms with Crippen molar-refractivity contribution in [1.29, 1.82) is 0 Å². The molecule has 2 nitrogen and oxygen atoms in total. The van der Waals surface area contributed by atoms with Crippen molar-refractivity contribution < 1.29 is 0 Å². The molecule has 0 atom stereocenters. The normalized spacial score (nSPS) is 13.4. The second-order valence-electron chi connectivity index (χ2n) is 4.36. The molecule has 1 aliphatic rings. The van der Waals surface area contributed by atoms with E-state index in [2.05, 4.69) is 59.5 Å². The molecule has 0 radical (unpaired) electrons. The minimum Gasteiger partial charge on any atom is -0.336 e. The first kappa shape index (κ1) is 12.3. The lowest BCUT2D eigenvalue weighted by atomic mass is 10.2. The molecule has 1 heterocycles. The fourth-order valence-corrected chi connectivity index (χ4v) is 3.35. The first-order valence-electron chi connectivity index (χ1n) is 6.38. The van der Waals surface area contributed by atoms with Crippen molar-refractivity contribution in [2.45, 2.75) is 9.79 Å². The highest BCUT2D eigenvalue weighted by atomic mass is 32.2. The number of anilines is 2. The van der Waals surface area contributed by atoms with Crippen LogP contribution in [0.1, 0.15) is 0 Å². The molecule has 0 aliphatic carbocycles. The second-order valence-corrected chi connectivity index (χ2v) is 5.44. The molecule has 0 amide bonds. The van der Waals surface area contributed by atoms with Gasteiger partial charge in [0.1, 0.15) is 0 Å². The summed E-state index contributed by atoms with van der Waals surface area (Å²) in [5.74, 6) is 0. The smallest absolute Gasteiger partial charge is 0.0555 e. The number of fused-ring (bicyclic) bond motifs is 2. The van der Waals surface area contributed by atoms with Gasteiger partial charge in [-0.2, -0.15) is 0 Å². The fraction of sp³-hybridized carbons (Fsp3) is 0.125. The summed E-state index contributed by atoms with van der Waals surface area (Å²) in [6, 6.07) is 17.1. The topological polar surface area (TPSA) is 29.3 Å². The number of nitrogens with two attached hydrogens (primary N) is 1. The second kappa shape index (κ2) is 5.51. The van der Waals surface area contributed by atoms with Crippen molar-refractivity contribution in [3.05, 3.63) is 60.7 Å². The molecular weight excluding hydrogens is 252 g/mol. The number of rotatable bonds is 3. The molecule has 0 fully saturated rings. The van der Waals surface area contributed by atoms with Gasteiger partial charge in [0, 0.05) is 22.9 Å². The van der Waals surface area contributed by atoms with Gasteiger partial charge in [-0.15, -0.1) is 0 Å². The van der Waals surface area contributed by atoms with Crippen molar-refractivity contribution in [3.63, 3.8) is 0 Å². The van der Waals surface area contributed by atoms with E-state index >= 15 is 0 Å². The van der Waals surface area contributed by atoms with Crippen LogP contribution >= 0.6 is 11.8 Å². The van der Waals surface area contributed by atoms with Gasteiger partial charge in [-0.1, -0.05) is 48.2 Å². The van der Waals surface area contributed by atoms with Crippen LogP contribution in [0.3, 0.4) is 0 Å². The highest BCUT2D eigenvalue weighted by Gasteiger charge is 2.21. The van der Waals surface area contributed by atoms with E-state index in [9.17, 15) is 0 Å². The van der Waals surface area contributed by atoms with Gasteiger partial charge >= 0.3 is 0 Å². The maximum atomic E-state index is 5.52. The largest absolute Gasteiger partial charge is 0.336 e. The molecule has 19 heavy (non-hydrogen) atoms. The summed E-state index contributed by atoms with van der Waals surface area (Å²) in [4.78, 5) is 4.96. The van der Waals surface area contributed by atoms with Gasteiger partial charge < -0.3 is 10.6 Å². The average molecular weight is 268 g/mol. The third-order valence-corrected chi connectivity index (χ3v) is 4.25. The predicted molar refractivity (Wildman–Crippen MR) is 82.2 cm³/mol. The van der Waals surface area contributed by atoms with Crippen LogP contribution in [0.15, 0.2) is 70.5 Å². The number of hydrogen-bond donors (Lipinski definition) is 1. The van der Waals surface area contributed by atoms with Crippen LogP contribution in [-0.2, 0) is 0 Å². The highest BCUT2D eigenvalue weighted by molar-refractivity contribution is 7.99. The van der Waals surface area contributed by atoms with Gasteiger partial charge in [-0.25, -0.2) is 0 Å². The fourth-order valence-electron chi connectivity index (χ4n) is 2.25. The first-order valence-corrected chi connectivity index (χ1v) is 7.20. The molecule has 0 aromatic heterocycles. The summed E-state index contributed by atoms with van der Waals surface area (Å²) in [5, 5.41) is 0. The van der Waals surface area contributed by atoms with Gasteiger partial charge in [-0.3, -0.25) is 0 Å². The predicted octanol–water partition coefficient (Wildman–Crippen LogP) is 3.80. The Morgan fingerprint density at radius 1 is 0.895 bits per heavy atom. The Morgan fingerprint density at radius 3 is 2.05 bits per heavy atom. The minimum atomic E-state index is 0.589.